The Morgan fingerprint density at radius 2 is 1.68 bits per heavy atom. The van der Waals surface area contributed by atoms with E-state index >= 15 is 0 Å². The van der Waals surface area contributed by atoms with Gasteiger partial charge in [0.2, 0.25) is 0 Å². The fourth-order valence-corrected chi connectivity index (χ4v) is 3.17. The first-order valence-corrected chi connectivity index (χ1v) is 9.68. The van der Waals surface area contributed by atoms with Crippen LogP contribution in [0.2, 0.25) is 0 Å². The van der Waals surface area contributed by atoms with Crippen molar-refractivity contribution >= 4 is 28.7 Å². The Morgan fingerprint density at radius 1 is 1.03 bits per heavy atom. The monoisotopic (exact) mass is 469 g/mol. The van der Waals surface area contributed by atoms with E-state index in [4.69, 9.17) is 0 Å². The molecule has 0 radical (unpaired) electrons. The molecule has 4 aromatic rings. The predicted octanol–water partition coefficient (Wildman–Crippen LogP) is 4.78. The molecule has 34 heavy (non-hydrogen) atoms. The van der Waals surface area contributed by atoms with Crippen LogP contribution >= 0.6 is 0 Å². The van der Waals surface area contributed by atoms with Crippen LogP contribution in [0.1, 0.15) is 33.5 Å². The topological polar surface area (TPSA) is 120 Å². The maximum Gasteiger partial charge on any atom is 0.433 e. The summed E-state index contributed by atoms with van der Waals surface area (Å²) in [4.78, 5) is 38.3. The third-order valence-corrected chi connectivity index (χ3v) is 4.87. The molecule has 0 saturated heterocycles. The van der Waals surface area contributed by atoms with Crippen molar-refractivity contribution in [3.8, 4) is 11.3 Å². The summed E-state index contributed by atoms with van der Waals surface area (Å²) in [6.45, 7) is 1.39. The number of benzene rings is 2. The van der Waals surface area contributed by atoms with Gasteiger partial charge >= 0.3 is 6.18 Å². The summed E-state index contributed by atoms with van der Waals surface area (Å²) >= 11 is 0. The summed E-state index contributed by atoms with van der Waals surface area (Å²) in [5.41, 5.74) is -1.06. The molecule has 2 aromatic carbocycles. The second-order valence-electron chi connectivity index (χ2n) is 7.22. The van der Waals surface area contributed by atoms with Crippen molar-refractivity contribution in [2.24, 2.45) is 0 Å². The Kier molecular flexibility index (Phi) is 5.57. The van der Waals surface area contributed by atoms with Gasteiger partial charge in [0.1, 0.15) is 0 Å². The molecule has 0 aliphatic heterocycles. The third-order valence-electron chi connectivity index (χ3n) is 4.87. The van der Waals surface area contributed by atoms with Crippen molar-refractivity contribution in [2.75, 3.05) is 5.32 Å². The number of nitro groups is 1. The average molecular weight is 469 g/mol. The Morgan fingerprint density at radius 3 is 2.24 bits per heavy atom. The van der Waals surface area contributed by atoms with Gasteiger partial charge in [-0.2, -0.15) is 18.3 Å². The maximum absolute atomic E-state index is 13.7. The summed E-state index contributed by atoms with van der Waals surface area (Å²) in [7, 11) is 0. The van der Waals surface area contributed by atoms with Gasteiger partial charge in [0.15, 0.2) is 22.8 Å². The number of carbonyl (C=O) groups is 2. The standard InChI is InChI=1S/C22H14F3N5O4/c1-12(31)13-2-6-15(7-3-13)26-21(32)18-11-20-27-17(10-19(22(23,24)25)29(20)28-18)14-4-8-16(9-5-14)30(33)34/h2-11H,1H3,(H,26,32). The number of aromatic nitrogens is 3. The number of halogens is 3. The van der Waals surface area contributed by atoms with Gasteiger partial charge in [-0.25, -0.2) is 9.50 Å². The number of hydrogen-bond acceptors (Lipinski definition) is 6. The molecular formula is C22H14F3N5O4. The molecule has 0 unspecified atom stereocenters. The highest BCUT2D eigenvalue weighted by Crippen LogP contribution is 2.32. The van der Waals surface area contributed by atoms with E-state index in [0.29, 0.717) is 15.8 Å². The predicted molar refractivity (Wildman–Crippen MR) is 114 cm³/mol. The highest BCUT2D eigenvalue weighted by Gasteiger charge is 2.35. The molecule has 2 aromatic heterocycles. The van der Waals surface area contributed by atoms with Gasteiger partial charge in [0, 0.05) is 35.0 Å². The number of rotatable bonds is 5. The number of non-ortho nitro benzene ring substituents is 1. The second kappa shape index (κ2) is 8.39. The van der Waals surface area contributed by atoms with E-state index in [9.17, 15) is 32.9 Å². The summed E-state index contributed by atoms with van der Waals surface area (Å²) in [6, 6.07) is 12.7. The number of nitrogens with zero attached hydrogens (tertiary/aromatic N) is 4. The van der Waals surface area contributed by atoms with Crippen LogP contribution in [0.3, 0.4) is 0 Å². The molecule has 9 nitrogen and oxygen atoms in total. The normalized spacial score (nSPS) is 11.4. The summed E-state index contributed by atoms with van der Waals surface area (Å²) in [5, 5.41) is 17.1. The van der Waals surface area contributed by atoms with Crippen LogP contribution in [0.5, 0.6) is 0 Å². The van der Waals surface area contributed by atoms with E-state index in [1.165, 1.54) is 43.3 Å². The Bertz CT molecular complexity index is 1430. The highest BCUT2D eigenvalue weighted by molar-refractivity contribution is 6.04. The minimum Gasteiger partial charge on any atom is -0.321 e. The molecule has 2 heterocycles. The van der Waals surface area contributed by atoms with Gasteiger partial charge < -0.3 is 5.32 Å². The van der Waals surface area contributed by atoms with E-state index in [0.717, 1.165) is 24.3 Å². The molecule has 1 amide bonds. The van der Waals surface area contributed by atoms with E-state index in [1.807, 2.05) is 0 Å². The number of anilines is 1. The van der Waals surface area contributed by atoms with Gasteiger partial charge in [0.25, 0.3) is 11.6 Å². The Hall–Kier alpha value is -4.61. The van der Waals surface area contributed by atoms with Crippen molar-refractivity contribution in [1.29, 1.82) is 0 Å². The van der Waals surface area contributed by atoms with Gasteiger partial charge in [0.05, 0.1) is 10.6 Å². The average Bonchev–Trinajstić information content (AvgIpc) is 3.22. The number of fused-ring (bicyclic) bond motifs is 1. The molecule has 0 fully saturated rings. The molecule has 0 bridgehead atoms. The lowest BCUT2D eigenvalue weighted by Crippen LogP contribution is -2.15. The molecule has 12 heteroatoms. The molecule has 0 saturated carbocycles. The van der Waals surface area contributed by atoms with E-state index < -0.39 is 22.7 Å². The number of nitrogens with one attached hydrogen (secondary N) is 1. The second-order valence-corrected chi connectivity index (χ2v) is 7.22. The zero-order valence-corrected chi connectivity index (χ0v) is 17.3. The van der Waals surface area contributed by atoms with Gasteiger partial charge in [-0.1, -0.05) is 0 Å². The van der Waals surface area contributed by atoms with Crippen LogP contribution in [-0.4, -0.2) is 31.2 Å². The van der Waals surface area contributed by atoms with Crippen LogP contribution in [0.4, 0.5) is 24.5 Å². The van der Waals surface area contributed by atoms with E-state index in [1.54, 1.807) is 0 Å². The van der Waals surface area contributed by atoms with Crippen LogP contribution in [-0.2, 0) is 6.18 Å². The fourth-order valence-electron chi connectivity index (χ4n) is 3.17. The van der Waals surface area contributed by atoms with Crippen molar-refractivity contribution in [3.05, 3.63) is 87.7 Å². The molecule has 4 rings (SSSR count). The Labute approximate surface area is 189 Å². The zero-order chi connectivity index (χ0) is 24.6. The molecule has 0 aliphatic carbocycles. The first kappa shape index (κ1) is 22.6. The highest BCUT2D eigenvalue weighted by atomic mass is 19.4. The van der Waals surface area contributed by atoms with E-state index in [-0.39, 0.29) is 34.1 Å². The zero-order valence-electron chi connectivity index (χ0n) is 17.3. The van der Waals surface area contributed by atoms with Crippen molar-refractivity contribution in [1.82, 2.24) is 14.6 Å². The van der Waals surface area contributed by atoms with Crippen molar-refractivity contribution in [2.45, 2.75) is 13.1 Å². The van der Waals surface area contributed by atoms with Crippen molar-refractivity contribution in [3.63, 3.8) is 0 Å². The van der Waals surface area contributed by atoms with Crippen molar-refractivity contribution < 1.29 is 27.7 Å². The minimum atomic E-state index is -4.82. The van der Waals surface area contributed by atoms with Crippen LogP contribution in [0, 0.1) is 10.1 Å². The van der Waals surface area contributed by atoms with Gasteiger partial charge in [-0.15, -0.1) is 0 Å². The fraction of sp³-hybridized carbons (Fsp3) is 0.0909. The van der Waals surface area contributed by atoms with Crippen LogP contribution in [0.25, 0.3) is 16.9 Å². The number of nitro benzene ring substituents is 1. The molecular weight excluding hydrogens is 455 g/mol. The molecule has 0 aliphatic rings. The SMILES string of the molecule is CC(=O)c1ccc(NC(=O)c2cc3nc(-c4ccc([N+](=O)[O-])cc4)cc(C(F)(F)F)n3n2)cc1. The first-order chi connectivity index (χ1) is 16.0. The van der Waals surface area contributed by atoms with Crippen LogP contribution in [0.15, 0.2) is 60.7 Å². The number of Topliss-reactive ketones (excluding diaryl/α,β-unsaturated/α-hetero) is 1. The van der Waals surface area contributed by atoms with Gasteiger partial charge in [-0.3, -0.25) is 19.7 Å². The number of carbonyl (C=O) groups excluding carboxylic acids is 2. The summed E-state index contributed by atoms with van der Waals surface area (Å²) in [6.07, 6.45) is -4.82. The lowest BCUT2D eigenvalue weighted by atomic mass is 10.1. The first-order valence-electron chi connectivity index (χ1n) is 9.68. The smallest absolute Gasteiger partial charge is 0.321 e. The molecule has 172 valence electrons. The molecule has 0 atom stereocenters. The number of hydrogen-bond donors (Lipinski definition) is 1. The maximum atomic E-state index is 13.7. The lowest BCUT2D eigenvalue weighted by molar-refractivity contribution is -0.384. The van der Waals surface area contributed by atoms with Gasteiger partial charge in [-0.05, 0) is 49.4 Å². The number of ketones is 1. The largest absolute Gasteiger partial charge is 0.433 e. The number of alkyl halides is 3. The third kappa shape index (κ3) is 4.46. The molecule has 1 N–H and O–H groups in total. The van der Waals surface area contributed by atoms with E-state index in [2.05, 4.69) is 15.4 Å². The summed E-state index contributed by atoms with van der Waals surface area (Å²) in [5.74, 6) is -0.932. The lowest BCUT2D eigenvalue weighted by Gasteiger charge is -2.11. The Balaban J connectivity index is 1.72. The minimum absolute atomic E-state index is 0.0959. The summed E-state index contributed by atoms with van der Waals surface area (Å²) < 4.78 is 41.7. The molecule has 0 spiro atoms. The van der Waals surface area contributed by atoms with Crippen LogP contribution < -0.4 is 5.32 Å². The quantitative estimate of drug-likeness (QED) is 0.255. The number of amides is 1.